The van der Waals surface area contributed by atoms with Gasteiger partial charge in [0.05, 0.1) is 5.69 Å². The van der Waals surface area contributed by atoms with Gasteiger partial charge in [0.15, 0.2) is 0 Å². The fourth-order valence-corrected chi connectivity index (χ4v) is 1.86. The molecule has 2 aromatic heterocycles. The Labute approximate surface area is 88.9 Å². The summed E-state index contributed by atoms with van der Waals surface area (Å²) < 4.78 is 0. The van der Waals surface area contributed by atoms with Gasteiger partial charge in [-0.05, 0) is 25.5 Å². The van der Waals surface area contributed by atoms with Crippen molar-refractivity contribution in [1.29, 1.82) is 0 Å². The van der Waals surface area contributed by atoms with Gasteiger partial charge in [0.2, 0.25) is 0 Å². The highest BCUT2D eigenvalue weighted by molar-refractivity contribution is 5.82. The largest absolute Gasteiger partial charge is 0.346 e. The lowest BCUT2D eigenvalue weighted by Gasteiger charge is -2.02. The molecule has 0 aliphatic rings. The first-order valence-electron chi connectivity index (χ1n) is 5.29. The smallest absolute Gasteiger partial charge is 0.141 e. The Morgan fingerprint density at radius 1 is 1.40 bits per heavy atom. The second-order valence-corrected chi connectivity index (χ2v) is 3.65. The quantitative estimate of drug-likeness (QED) is 0.792. The third kappa shape index (κ3) is 1.72. The van der Waals surface area contributed by atoms with Crippen LogP contribution in [-0.4, -0.2) is 21.5 Å². The van der Waals surface area contributed by atoms with E-state index in [0.717, 1.165) is 35.4 Å². The van der Waals surface area contributed by atoms with Gasteiger partial charge in [-0.2, -0.15) is 0 Å². The van der Waals surface area contributed by atoms with Gasteiger partial charge < -0.3 is 10.7 Å². The molecule has 2 heterocycles. The molecule has 0 amide bonds. The van der Waals surface area contributed by atoms with Gasteiger partial charge in [0, 0.05) is 18.0 Å². The Morgan fingerprint density at radius 3 is 2.87 bits per heavy atom. The molecule has 0 atom stereocenters. The second-order valence-electron chi connectivity index (χ2n) is 3.65. The SMILES string of the molecule is CCc1nc(C)c2c(CCN)c[nH]c2n1. The van der Waals surface area contributed by atoms with Crippen molar-refractivity contribution in [3.8, 4) is 0 Å². The Hall–Kier alpha value is -1.42. The molecule has 0 radical (unpaired) electrons. The molecule has 15 heavy (non-hydrogen) atoms. The van der Waals surface area contributed by atoms with Gasteiger partial charge >= 0.3 is 0 Å². The summed E-state index contributed by atoms with van der Waals surface area (Å²) >= 11 is 0. The maximum Gasteiger partial charge on any atom is 0.141 e. The van der Waals surface area contributed by atoms with E-state index in [1.807, 2.05) is 13.1 Å². The number of aryl methyl sites for hydroxylation is 2. The zero-order valence-electron chi connectivity index (χ0n) is 9.17. The van der Waals surface area contributed by atoms with Crippen molar-refractivity contribution in [2.75, 3.05) is 6.54 Å². The van der Waals surface area contributed by atoms with E-state index in [4.69, 9.17) is 5.73 Å². The summed E-state index contributed by atoms with van der Waals surface area (Å²) in [6, 6.07) is 0. The van der Waals surface area contributed by atoms with Crippen LogP contribution in [0.3, 0.4) is 0 Å². The maximum absolute atomic E-state index is 5.56. The highest BCUT2D eigenvalue weighted by atomic mass is 14.9. The molecule has 0 saturated carbocycles. The van der Waals surface area contributed by atoms with Crippen LogP contribution in [0.25, 0.3) is 11.0 Å². The number of rotatable bonds is 3. The normalized spacial score (nSPS) is 11.1. The summed E-state index contributed by atoms with van der Waals surface area (Å²) in [6.45, 7) is 4.74. The third-order valence-corrected chi connectivity index (χ3v) is 2.57. The molecule has 0 bridgehead atoms. The molecule has 80 valence electrons. The topological polar surface area (TPSA) is 67.6 Å². The van der Waals surface area contributed by atoms with Crippen molar-refractivity contribution in [3.05, 3.63) is 23.3 Å². The molecule has 0 saturated heterocycles. The van der Waals surface area contributed by atoms with Crippen LogP contribution in [0.15, 0.2) is 6.20 Å². The van der Waals surface area contributed by atoms with E-state index in [-0.39, 0.29) is 0 Å². The molecule has 0 fully saturated rings. The lowest BCUT2D eigenvalue weighted by molar-refractivity contribution is 0.934. The van der Waals surface area contributed by atoms with Gasteiger partial charge in [-0.15, -0.1) is 0 Å². The first-order chi connectivity index (χ1) is 7.26. The Morgan fingerprint density at radius 2 is 2.20 bits per heavy atom. The van der Waals surface area contributed by atoms with Crippen molar-refractivity contribution in [3.63, 3.8) is 0 Å². The molecule has 0 unspecified atom stereocenters. The molecule has 2 aromatic rings. The summed E-state index contributed by atoms with van der Waals surface area (Å²) in [7, 11) is 0. The van der Waals surface area contributed by atoms with Crippen LogP contribution in [0, 0.1) is 6.92 Å². The fourth-order valence-electron chi connectivity index (χ4n) is 1.86. The van der Waals surface area contributed by atoms with Crippen LogP contribution in [0.4, 0.5) is 0 Å². The molecule has 0 aliphatic carbocycles. The monoisotopic (exact) mass is 204 g/mol. The molecular formula is C11H16N4. The van der Waals surface area contributed by atoms with Gasteiger partial charge in [0.1, 0.15) is 11.5 Å². The Bertz CT molecular complexity index is 473. The molecule has 0 aromatic carbocycles. The molecule has 2 rings (SSSR count). The van der Waals surface area contributed by atoms with E-state index in [0.29, 0.717) is 6.54 Å². The summed E-state index contributed by atoms with van der Waals surface area (Å²) in [6.07, 6.45) is 3.72. The minimum Gasteiger partial charge on any atom is -0.346 e. The van der Waals surface area contributed by atoms with Crippen molar-refractivity contribution < 1.29 is 0 Å². The van der Waals surface area contributed by atoms with Crippen LogP contribution in [0.5, 0.6) is 0 Å². The van der Waals surface area contributed by atoms with Crippen LogP contribution in [0.2, 0.25) is 0 Å². The van der Waals surface area contributed by atoms with Crippen molar-refractivity contribution in [1.82, 2.24) is 15.0 Å². The number of fused-ring (bicyclic) bond motifs is 1. The number of nitrogens with one attached hydrogen (secondary N) is 1. The van der Waals surface area contributed by atoms with E-state index in [9.17, 15) is 0 Å². The van der Waals surface area contributed by atoms with Gasteiger partial charge in [-0.25, -0.2) is 9.97 Å². The van der Waals surface area contributed by atoms with E-state index < -0.39 is 0 Å². The number of H-pyrrole nitrogens is 1. The first-order valence-corrected chi connectivity index (χ1v) is 5.29. The number of nitrogens with zero attached hydrogens (tertiary/aromatic N) is 2. The van der Waals surface area contributed by atoms with Crippen LogP contribution in [-0.2, 0) is 12.8 Å². The predicted molar refractivity (Wildman–Crippen MR) is 60.8 cm³/mol. The highest BCUT2D eigenvalue weighted by Gasteiger charge is 2.09. The van der Waals surface area contributed by atoms with Gasteiger partial charge in [0.25, 0.3) is 0 Å². The first kappa shape index (κ1) is 10.1. The summed E-state index contributed by atoms with van der Waals surface area (Å²) in [5, 5.41) is 1.14. The van der Waals surface area contributed by atoms with Crippen LogP contribution in [0.1, 0.15) is 24.0 Å². The zero-order chi connectivity index (χ0) is 10.8. The molecule has 0 spiro atoms. The molecule has 4 nitrogen and oxygen atoms in total. The van der Waals surface area contributed by atoms with E-state index >= 15 is 0 Å². The van der Waals surface area contributed by atoms with Gasteiger partial charge in [-0.1, -0.05) is 6.92 Å². The van der Waals surface area contributed by atoms with Gasteiger partial charge in [-0.3, -0.25) is 0 Å². The number of aromatic amines is 1. The Kier molecular flexibility index (Phi) is 2.68. The lowest BCUT2D eigenvalue weighted by atomic mass is 10.1. The summed E-state index contributed by atoms with van der Waals surface area (Å²) in [5.74, 6) is 0.890. The molecule has 3 N–H and O–H groups in total. The number of aromatic nitrogens is 3. The minimum absolute atomic E-state index is 0.655. The minimum atomic E-state index is 0.655. The molecular weight excluding hydrogens is 188 g/mol. The van der Waals surface area contributed by atoms with Crippen molar-refractivity contribution >= 4 is 11.0 Å². The van der Waals surface area contributed by atoms with E-state index in [1.165, 1.54) is 5.56 Å². The third-order valence-electron chi connectivity index (χ3n) is 2.57. The molecule has 4 heteroatoms. The van der Waals surface area contributed by atoms with Crippen molar-refractivity contribution in [2.45, 2.75) is 26.7 Å². The Balaban J connectivity index is 2.60. The highest BCUT2D eigenvalue weighted by Crippen LogP contribution is 2.19. The lowest BCUT2D eigenvalue weighted by Crippen LogP contribution is -2.03. The van der Waals surface area contributed by atoms with E-state index in [2.05, 4.69) is 21.9 Å². The number of nitrogens with two attached hydrogens (primary N) is 1. The standard InChI is InChI=1S/C11H16N4/c1-3-9-14-7(2)10-8(4-5-12)6-13-11(10)15-9/h6H,3-5,12H2,1-2H3,(H,13,14,15). The fraction of sp³-hybridized carbons (Fsp3) is 0.455. The summed E-state index contributed by atoms with van der Waals surface area (Å²) in [4.78, 5) is 12.1. The van der Waals surface area contributed by atoms with Crippen LogP contribution >= 0.6 is 0 Å². The number of hydrogen-bond acceptors (Lipinski definition) is 3. The predicted octanol–water partition coefficient (Wildman–Crippen LogP) is 1.33. The second kappa shape index (κ2) is 3.98. The average molecular weight is 204 g/mol. The van der Waals surface area contributed by atoms with Crippen molar-refractivity contribution in [2.24, 2.45) is 5.73 Å². The average Bonchev–Trinajstić information content (AvgIpc) is 2.62. The number of hydrogen-bond donors (Lipinski definition) is 2. The van der Waals surface area contributed by atoms with E-state index in [1.54, 1.807) is 0 Å². The van der Waals surface area contributed by atoms with Crippen LogP contribution < -0.4 is 5.73 Å². The maximum atomic E-state index is 5.56. The molecule has 0 aliphatic heterocycles. The zero-order valence-corrected chi connectivity index (χ0v) is 9.17. The summed E-state index contributed by atoms with van der Waals surface area (Å²) in [5.41, 5.74) is 8.75.